The highest BCUT2D eigenvalue weighted by atomic mass is 32.1. The highest BCUT2D eigenvalue weighted by Gasteiger charge is 2.12. The molecule has 3 aromatic carbocycles. The molecule has 0 aliphatic heterocycles. The van der Waals surface area contributed by atoms with E-state index in [1.54, 1.807) is 11.6 Å². The van der Waals surface area contributed by atoms with Crippen LogP contribution in [0.1, 0.15) is 106 Å². The minimum Gasteiger partial charge on any atom is -0.356 e. The molecule has 7 rings (SSSR count). The standard InChI is InChI=1S/C13H15NO.C11H13NO.C10H11NO.C7H10S/c1-9(2)12-8-14(3)13(15)11-7-5-4-6-10(11)12;1-7(2)11-9-6-8(3)4-5-10(9)13-12-11;1-7(2)10-8-5-3-4-6-9(8)12-11-10;1-6(2)7-4-3-5-8-7/h4-9H,1-3H3;4-7H,1-3H3;3-7H,1-2H3;3-6H,1-2H3. The molecule has 0 N–H and O–H groups in total. The van der Waals surface area contributed by atoms with Crippen LogP contribution in [0.15, 0.2) is 104 Å². The molecule has 7 heteroatoms. The molecular weight excluding hydrogens is 615 g/mol. The normalized spacial score (nSPS) is 11.1. The van der Waals surface area contributed by atoms with Gasteiger partial charge in [-0.2, -0.15) is 0 Å². The van der Waals surface area contributed by atoms with E-state index in [1.165, 1.54) is 16.0 Å². The molecule has 0 spiro atoms. The van der Waals surface area contributed by atoms with Gasteiger partial charge in [0.1, 0.15) is 0 Å². The van der Waals surface area contributed by atoms with Gasteiger partial charge in [-0.05, 0) is 83.3 Å². The van der Waals surface area contributed by atoms with Crippen molar-refractivity contribution in [3.63, 3.8) is 0 Å². The van der Waals surface area contributed by atoms with Crippen LogP contribution in [0, 0.1) is 6.92 Å². The first-order valence-corrected chi connectivity index (χ1v) is 17.6. The van der Waals surface area contributed by atoms with Gasteiger partial charge in [0.15, 0.2) is 11.2 Å². The molecule has 0 amide bonds. The maximum atomic E-state index is 11.9. The SMILES string of the molecule is CC(C)c1cccs1.CC(C)c1cn(C)c(=O)c2ccccc12.CC(C)c1noc2ccccc12.Cc1ccc2onc(C(C)C)c2c1. The summed E-state index contributed by atoms with van der Waals surface area (Å²) in [5.41, 5.74) is 6.42. The zero-order valence-corrected chi connectivity index (χ0v) is 30.8. The summed E-state index contributed by atoms with van der Waals surface area (Å²) in [6, 6.07) is 26.2. The predicted molar refractivity (Wildman–Crippen MR) is 203 cm³/mol. The van der Waals surface area contributed by atoms with Gasteiger partial charge in [0.05, 0.1) is 11.4 Å². The van der Waals surface area contributed by atoms with Crippen LogP contribution in [0.4, 0.5) is 0 Å². The average Bonchev–Trinajstić information content (AvgIpc) is 3.84. The van der Waals surface area contributed by atoms with E-state index in [2.05, 4.69) is 96.2 Å². The molecule has 0 aliphatic rings. The van der Waals surface area contributed by atoms with Crippen molar-refractivity contribution in [3.05, 3.63) is 128 Å². The molecule has 0 saturated heterocycles. The number of benzene rings is 3. The first kappa shape index (κ1) is 36.3. The lowest BCUT2D eigenvalue weighted by atomic mass is 9.99. The lowest BCUT2D eigenvalue weighted by Gasteiger charge is -2.11. The third kappa shape index (κ3) is 8.90. The summed E-state index contributed by atoms with van der Waals surface area (Å²) in [6.45, 7) is 19.3. The topological polar surface area (TPSA) is 74.1 Å². The van der Waals surface area contributed by atoms with Crippen LogP contribution in [-0.2, 0) is 7.05 Å². The minimum atomic E-state index is 0.0787. The fourth-order valence-electron chi connectivity index (χ4n) is 5.34. The van der Waals surface area contributed by atoms with Gasteiger partial charge >= 0.3 is 0 Å². The Balaban J connectivity index is 0.000000147. The summed E-state index contributed by atoms with van der Waals surface area (Å²) < 4.78 is 12.0. The van der Waals surface area contributed by atoms with E-state index >= 15 is 0 Å². The van der Waals surface area contributed by atoms with Crippen LogP contribution in [0.25, 0.3) is 32.7 Å². The Morgan fingerprint density at radius 2 is 1.19 bits per heavy atom. The van der Waals surface area contributed by atoms with Crippen LogP contribution in [0.5, 0.6) is 0 Å². The number of para-hydroxylation sites is 1. The lowest BCUT2D eigenvalue weighted by molar-refractivity contribution is 0.441. The Kier molecular flexibility index (Phi) is 12.5. The van der Waals surface area contributed by atoms with Crippen molar-refractivity contribution in [2.45, 2.75) is 86.0 Å². The van der Waals surface area contributed by atoms with Crippen LogP contribution < -0.4 is 5.56 Å². The Labute approximate surface area is 288 Å². The second-order valence-corrected chi connectivity index (χ2v) is 14.3. The largest absolute Gasteiger partial charge is 0.356 e. The highest BCUT2D eigenvalue weighted by Crippen LogP contribution is 2.26. The van der Waals surface area contributed by atoms with E-state index in [4.69, 9.17) is 9.05 Å². The van der Waals surface area contributed by atoms with Crippen molar-refractivity contribution in [3.8, 4) is 0 Å². The highest BCUT2D eigenvalue weighted by molar-refractivity contribution is 7.10. The van der Waals surface area contributed by atoms with Crippen LogP contribution >= 0.6 is 11.3 Å². The fourth-order valence-corrected chi connectivity index (χ4v) is 6.08. The Hall–Kier alpha value is -4.49. The zero-order valence-electron chi connectivity index (χ0n) is 29.9. The third-order valence-electron chi connectivity index (χ3n) is 8.01. The Bertz CT molecular complexity index is 2100. The van der Waals surface area contributed by atoms with Gasteiger partial charge in [0, 0.05) is 34.3 Å². The molecule has 0 saturated carbocycles. The summed E-state index contributed by atoms with van der Waals surface area (Å²) in [5, 5.41) is 14.4. The van der Waals surface area contributed by atoms with Gasteiger partial charge in [0.2, 0.25) is 0 Å². The van der Waals surface area contributed by atoms with E-state index in [1.807, 2.05) is 78.2 Å². The van der Waals surface area contributed by atoms with Crippen LogP contribution in [0.2, 0.25) is 0 Å². The van der Waals surface area contributed by atoms with Gasteiger partial charge in [-0.25, -0.2) is 0 Å². The van der Waals surface area contributed by atoms with Crippen molar-refractivity contribution in [1.29, 1.82) is 0 Å². The van der Waals surface area contributed by atoms with Gasteiger partial charge in [-0.15, -0.1) is 11.3 Å². The molecule has 6 nitrogen and oxygen atoms in total. The van der Waals surface area contributed by atoms with Crippen molar-refractivity contribution in [2.75, 3.05) is 0 Å². The maximum Gasteiger partial charge on any atom is 0.258 e. The second kappa shape index (κ2) is 16.6. The van der Waals surface area contributed by atoms with Crippen molar-refractivity contribution >= 4 is 44.0 Å². The molecule has 4 aromatic heterocycles. The molecule has 252 valence electrons. The number of rotatable bonds is 4. The number of fused-ring (bicyclic) bond motifs is 3. The number of aryl methyl sites for hydroxylation is 2. The average molecular weight is 664 g/mol. The zero-order chi connectivity index (χ0) is 35.0. The summed E-state index contributed by atoms with van der Waals surface area (Å²) in [4.78, 5) is 13.3. The van der Waals surface area contributed by atoms with Crippen LogP contribution in [0.3, 0.4) is 0 Å². The van der Waals surface area contributed by atoms with Crippen molar-refractivity contribution < 1.29 is 9.05 Å². The summed E-state index contributed by atoms with van der Waals surface area (Å²) >= 11 is 1.83. The predicted octanol–water partition coefficient (Wildman–Crippen LogP) is 11.7. The molecule has 0 bridgehead atoms. The molecular formula is C41H49N3O3S. The molecule has 0 radical (unpaired) electrons. The minimum absolute atomic E-state index is 0.0787. The molecule has 48 heavy (non-hydrogen) atoms. The van der Waals surface area contributed by atoms with E-state index in [0.29, 0.717) is 23.7 Å². The molecule has 0 atom stereocenters. The lowest BCUT2D eigenvalue weighted by Crippen LogP contribution is -2.17. The quantitative estimate of drug-likeness (QED) is 0.187. The molecule has 0 unspecified atom stereocenters. The number of hydrogen-bond acceptors (Lipinski definition) is 6. The summed E-state index contributed by atoms with van der Waals surface area (Å²) in [7, 11) is 1.81. The third-order valence-corrected chi connectivity index (χ3v) is 9.18. The smallest absolute Gasteiger partial charge is 0.258 e. The molecule has 0 fully saturated rings. The molecule has 0 aliphatic carbocycles. The monoisotopic (exact) mass is 663 g/mol. The van der Waals surface area contributed by atoms with Gasteiger partial charge < -0.3 is 13.6 Å². The Morgan fingerprint density at radius 1 is 0.625 bits per heavy atom. The van der Waals surface area contributed by atoms with Crippen molar-refractivity contribution in [2.24, 2.45) is 7.05 Å². The van der Waals surface area contributed by atoms with E-state index in [-0.39, 0.29) is 5.56 Å². The van der Waals surface area contributed by atoms with E-state index in [0.717, 1.165) is 44.1 Å². The number of thiophene rings is 1. The number of aromatic nitrogens is 3. The fraction of sp³-hybridized carbons (Fsp3) is 0.341. The van der Waals surface area contributed by atoms with Crippen LogP contribution in [-0.4, -0.2) is 14.9 Å². The van der Waals surface area contributed by atoms with E-state index < -0.39 is 0 Å². The van der Waals surface area contributed by atoms with Gasteiger partial charge in [-0.1, -0.05) is 114 Å². The van der Waals surface area contributed by atoms with Crippen molar-refractivity contribution in [1.82, 2.24) is 14.9 Å². The number of hydrogen-bond donors (Lipinski definition) is 0. The van der Waals surface area contributed by atoms with Gasteiger partial charge in [0.25, 0.3) is 5.56 Å². The molecule has 4 heterocycles. The molecule has 7 aromatic rings. The first-order valence-electron chi connectivity index (χ1n) is 16.7. The summed E-state index contributed by atoms with van der Waals surface area (Å²) in [6.07, 6.45) is 1.94. The number of pyridine rings is 1. The van der Waals surface area contributed by atoms with E-state index in [9.17, 15) is 4.79 Å². The van der Waals surface area contributed by atoms with Gasteiger partial charge in [-0.3, -0.25) is 4.79 Å². The maximum absolute atomic E-state index is 11.9. The summed E-state index contributed by atoms with van der Waals surface area (Å²) in [5.74, 6) is 1.98. The second-order valence-electron chi connectivity index (χ2n) is 13.3. The number of nitrogens with zero attached hydrogens (tertiary/aromatic N) is 3. The Morgan fingerprint density at radius 3 is 1.73 bits per heavy atom. The first-order chi connectivity index (χ1) is 22.9.